The molecule has 0 heterocycles. The van der Waals surface area contributed by atoms with Crippen LogP contribution in [0.5, 0.6) is 0 Å². The molecule has 0 aromatic carbocycles. The van der Waals surface area contributed by atoms with Crippen molar-refractivity contribution in [3.05, 3.63) is 12.6 Å². The van der Waals surface area contributed by atoms with E-state index in [-0.39, 0.29) is 14.0 Å². The van der Waals surface area contributed by atoms with Gasteiger partial charge in [-0.05, 0) is 0 Å². The molecule has 12 heavy (non-hydrogen) atoms. The van der Waals surface area contributed by atoms with Crippen molar-refractivity contribution in [3.63, 3.8) is 0 Å². The minimum absolute atomic E-state index is 0. The standard InChI is InChI=1S/C2H7BNOP.C2H5BNP.CH4/c5-2-1-3-4-6;1-2-3-4-5;/h5H,1-2,6H2;2H,1,5H2;1H4. The molecule has 0 saturated heterocycles. The second kappa shape index (κ2) is 22.5. The number of hydrogen-bond acceptors (Lipinski definition) is 3. The summed E-state index contributed by atoms with van der Waals surface area (Å²) in [6.45, 7) is 3.58. The van der Waals surface area contributed by atoms with Crippen molar-refractivity contribution in [3.8, 4) is 0 Å². The Morgan fingerprint density at radius 3 is 2.08 bits per heavy atom. The van der Waals surface area contributed by atoms with E-state index in [4.69, 9.17) is 5.11 Å². The van der Waals surface area contributed by atoms with Gasteiger partial charge in [-0.2, -0.15) is 0 Å². The molecule has 0 saturated carbocycles. The molecule has 0 aliphatic carbocycles. The Bertz CT molecular complexity index is 133. The summed E-state index contributed by atoms with van der Waals surface area (Å²) in [6, 6.07) is 0. The van der Waals surface area contributed by atoms with Crippen LogP contribution in [0.1, 0.15) is 7.43 Å². The van der Waals surface area contributed by atoms with Crippen molar-refractivity contribution >= 4 is 32.9 Å². The van der Waals surface area contributed by atoms with Gasteiger partial charge in [0.15, 0.2) is 0 Å². The van der Waals surface area contributed by atoms with Gasteiger partial charge < -0.3 is 0 Å². The fourth-order valence-corrected chi connectivity index (χ4v) is 0.464. The van der Waals surface area contributed by atoms with Gasteiger partial charge in [0.2, 0.25) is 0 Å². The molecule has 68 valence electrons. The van der Waals surface area contributed by atoms with Crippen molar-refractivity contribution in [1.82, 2.24) is 0 Å². The van der Waals surface area contributed by atoms with E-state index in [1.54, 1.807) is 20.1 Å². The third kappa shape index (κ3) is 31.7. The van der Waals surface area contributed by atoms with Crippen LogP contribution in [0.3, 0.4) is 0 Å². The van der Waals surface area contributed by atoms with Crippen molar-refractivity contribution in [2.24, 2.45) is 9.33 Å². The first-order valence-electron chi connectivity index (χ1n) is 3.00. The van der Waals surface area contributed by atoms with E-state index in [0.29, 0.717) is 6.32 Å². The zero-order chi connectivity index (χ0) is 8.95. The van der Waals surface area contributed by atoms with Crippen molar-refractivity contribution < 1.29 is 5.11 Å². The number of rotatable bonds is 3. The Morgan fingerprint density at radius 2 is 2.00 bits per heavy atom. The first-order chi connectivity index (χ1) is 5.33. The summed E-state index contributed by atoms with van der Waals surface area (Å²) >= 11 is 0. The molecule has 0 radical (unpaired) electrons. The molecule has 0 aromatic rings. The summed E-state index contributed by atoms with van der Waals surface area (Å²) in [4.78, 5) is 0. The summed E-state index contributed by atoms with van der Waals surface area (Å²) < 4.78 is 7.08. The van der Waals surface area contributed by atoms with Crippen molar-refractivity contribution in [1.29, 1.82) is 0 Å². The Kier molecular flexibility index (Phi) is 34.0. The Hall–Kier alpha value is 0.290. The van der Waals surface area contributed by atoms with Gasteiger partial charge in [0.1, 0.15) is 0 Å². The minimum atomic E-state index is 0. The van der Waals surface area contributed by atoms with Gasteiger partial charge in [-0.15, -0.1) is 0 Å². The first kappa shape index (κ1) is 18.2. The predicted molar refractivity (Wildman–Crippen MR) is 64.6 cm³/mol. The Balaban J connectivity index is -0.000000126. The number of aliphatic hydroxyl groups is 1. The van der Waals surface area contributed by atoms with Crippen molar-refractivity contribution in [2.75, 3.05) is 6.61 Å². The maximum absolute atomic E-state index is 8.10. The van der Waals surface area contributed by atoms with Crippen LogP contribution in [0.25, 0.3) is 0 Å². The summed E-state index contributed by atoms with van der Waals surface area (Å²) in [7, 11) is 7.63. The number of aliphatic hydroxyl groups excluding tert-OH is 1. The van der Waals surface area contributed by atoms with E-state index in [0.717, 1.165) is 0 Å². The molecule has 7 heteroatoms. The van der Waals surface area contributed by atoms with Gasteiger partial charge in [0, 0.05) is 0 Å². The van der Waals surface area contributed by atoms with Crippen LogP contribution < -0.4 is 0 Å². The van der Waals surface area contributed by atoms with Gasteiger partial charge in [-0.3, -0.25) is 0 Å². The Morgan fingerprint density at radius 1 is 1.42 bits per heavy atom. The first-order valence-corrected chi connectivity index (χ1v) is 4.03. The second-order valence-electron chi connectivity index (χ2n) is 1.38. The van der Waals surface area contributed by atoms with Crippen LogP contribution in [-0.2, 0) is 0 Å². The third-order valence-electron chi connectivity index (χ3n) is 0.555. The van der Waals surface area contributed by atoms with Crippen LogP contribution in [-0.4, -0.2) is 25.9 Å². The molecule has 2 atom stereocenters. The molecular formula is C5H16B2N2OP2. The van der Waals surface area contributed by atoms with Crippen LogP contribution in [0, 0.1) is 0 Å². The van der Waals surface area contributed by atoms with Gasteiger partial charge in [-0.25, -0.2) is 0 Å². The van der Waals surface area contributed by atoms with Gasteiger partial charge in [0.05, 0.1) is 0 Å². The molecule has 0 bridgehead atoms. The van der Waals surface area contributed by atoms with Gasteiger partial charge in [-0.1, -0.05) is 7.43 Å². The summed E-state index contributed by atoms with van der Waals surface area (Å²) in [6.07, 6.45) is 0.656. The van der Waals surface area contributed by atoms with E-state index in [9.17, 15) is 0 Å². The summed E-state index contributed by atoms with van der Waals surface area (Å²) in [5, 5.41) is 8.10. The molecule has 0 rings (SSSR count). The summed E-state index contributed by atoms with van der Waals surface area (Å²) in [5.41, 5.74) is 0. The fraction of sp³-hybridized carbons (Fsp3) is 0.600. The summed E-state index contributed by atoms with van der Waals surface area (Å²) in [5.74, 6) is 1.62. The Labute approximate surface area is 80.9 Å². The molecule has 1 N–H and O–H groups in total. The molecule has 0 aromatic heterocycles. The average molecular weight is 204 g/mol. The molecule has 0 spiro atoms. The molecule has 0 aliphatic heterocycles. The van der Waals surface area contributed by atoms with Crippen LogP contribution in [0.2, 0.25) is 6.32 Å². The topological polar surface area (TPSA) is 45.0 Å². The van der Waals surface area contributed by atoms with Crippen LogP contribution in [0.15, 0.2) is 21.9 Å². The molecule has 0 fully saturated rings. The van der Waals surface area contributed by atoms with Gasteiger partial charge >= 0.3 is 72.8 Å². The number of nitrogens with zero attached hydrogens (tertiary/aromatic N) is 2. The third-order valence-corrected chi connectivity index (χ3v) is 0.938. The van der Waals surface area contributed by atoms with E-state index < -0.39 is 0 Å². The van der Waals surface area contributed by atoms with E-state index in [1.165, 1.54) is 0 Å². The van der Waals surface area contributed by atoms with Crippen molar-refractivity contribution in [2.45, 2.75) is 13.7 Å². The molecule has 2 unspecified atom stereocenters. The monoisotopic (exact) mass is 204 g/mol. The van der Waals surface area contributed by atoms with E-state index in [2.05, 4.69) is 34.7 Å². The van der Waals surface area contributed by atoms with E-state index >= 15 is 0 Å². The molecule has 0 aliphatic rings. The van der Waals surface area contributed by atoms with Crippen LogP contribution in [0.4, 0.5) is 0 Å². The number of hydrogen-bond donors (Lipinski definition) is 1. The average Bonchev–Trinajstić information content (AvgIpc) is 2.04. The maximum atomic E-state index is 8.10. The molecule has 3 nitrogen and oxygen atoms in total. The zero-order valence-corrected chi connectivity index (χ0v) is 8.66. The SMILES string of the molecule is C.C=CB=NP.OCCB=NP. The quantitative estimate of drug-likeness (QED) is 0.549. The van der Waals surface area contributed by atoms with E-state index in [1.807, 2.05) is 0 Å². The zero-order valence-electron chi connectivity index (χ0n) is 6.35. The predicted octanol–water partition coefficient (Wildman–Crippen LogP) is 1.52. The normalized spacial score (nSPS) is 7.58. The van der Waals surface area contributed by atoms with Crippen LogP contribution >= 0.6 is 18.8 Å². The molecular weight excluding hydrogens is 188 g/mol. The second-order valence-corrected chi connectivity index (χ2v) is 1.97. The molecule has 0 amide bonds. The van der Waals surface area contributed by atoms with Gasteiger partial charge in [0.25, 0.3) is 0 Å². The fourth-order valence-electron chi connectivity index (χ4n) is 0.193.